The number of carbonyl (C=O) groups excluding carboxylic acids is 1. The Bertz CT molecular complexity index is 269. The third-order valence-electron chi connectivity index (χ3n) is 3.39. The first-order valence-electron chi connectivity index (χ1n) is 5.84. The van der Waals surface area contributed by atoms with Gasteiger partial charge in [0.05, 0.1) is 0 Å². The summed E-state index contributed by atoms with van der Waals surface area (Å²) < 4.78 is 0. The molecule has 1 aliphatic heterocycles. The first-order valence-corrected chi connectivity index (χ1v) is 5.84. The second-order valence-electron chi connectivity index (χ2n) is 4.50. The summed E-state index contributed by atoms with van der Waals surface area (Å²) >= 11 is 0. The molecule has 1 unspecified atom stereocenters. The summed E-state index contributed by atoms with van der Waals surface area (Å²) in [6.45, 7) is 0. The summed E-state index contributed by atoms with van der Waals surface area (Å²) in [5.41, 5.74) is 0. The Labute approximate surface area is 90.5 Å². The van der Waals surface area contributed by atoms with Gasteiger partial charge in [0.2, 0.25) is 5.91 Å². The number of guanidine groups is 1. The Balaban J connectivity index is 1.86. The molecule has 2 aliphatic rings. The van der Waals surface area contributed by atoms with Gasteiger partial charge in [-0.1, -0.05) is 32.1 Å². The first-order chi connectivity index (χ1) is 7.29. The third-order valence-corrected chi connectivity index (χ3v) is 3.39. The maximum atomic E-state index is 11.6. The van der Waals surface area contributed by atoms with Crippen LogP contribution in [0.2, 0.25) is 0 Å². The van der Waals surface area contributed by atoms with E-state index in [9.17, 15) is 4.79 Å². The van der Waals surface area contributed by atoms with Crippen molar-refractivity contribution in [3.8, 4) is 0 Å². The number of carbonyl (C=O) groups is 1. The van der Waals surface area contributed by atoms with E-state index in [0.29, 0.717) is 5.96 Å². The van der Waals surface area contributed by atoms with E-state index in [1.165, 1.54) is 32.1 Å². The van der Waals surface area contributed by atoms with Gasteiger partial charge in [0.25, 0.3) is 0 Å². The molecule has 0 radical (unpaired) electrons. The molecule has 2 N–H and O–H groups in total. The lowest BCUT2D eigenvalue weighted by molar-refractivity contribution is -0.120. The van der Waals surface area contributed by atoms with E-state index in [4.69, 9.17) is 0 Å². The summed E-state index contributed by atoms with van der Waals surface area (Å²) in [6.07, 6.45) is 7.54. The van der Waals surface area contributed by atoms with E-state index in [0.717, 1.165) is 12.3 Å². The summed E-state index contributed by atoms with van der Waals surface area (Å²) in [7, 11) is 1.69. The van der Waals surface area contributed by atoms with Crippen LogP contribution >= 0.6 is 0 Å². The Morgan fingerprint density at radius 1 is 1.33 bits per heavy atom. The van der Waals surface area contributed by atoms with E-state index in [-0.39, 0.29) is 11.9 Å². The molecule has 2 fully saturated rings. The predicted octanol–water partition coefficient (Wildman–Crippen LogP) is 1.03. The van der Waals surface area contributed by atoms with Crippen LogP contribution in [-0.2, 0) is 4.79 Å². The highest BCUT2D eigenvalue weighted by Crippen LogP contribution is 2.27. The molecule has 1 amide bonds. The van der Waals surface area contributed by atoms with Crippen LogP contribution in [0.4, 0.5) is 0 Å². The van der Waals surface area contributed by atoms with Crippen LogP contribution in [-0.4, -0.2) is 25.0 Å². The second kappa shape index (κ2) is 4.64. The van der Waals surface area contributed by atoms with Crippen LogP contribution in [0.15, 0.2) is 4.99 Å². The van der Waals surface area contributed by atoms with Gasteiger partial charge in [-0.2, -0.15) is 0 Å². The summed E-state index contributed by atoms with van der Waals surface area (Å²) in [5.74, 6) is 1.43. The molecule has 1 saturated carbocycles. The number of rotatable bonds is 2. The van der Waals surface area contributed by atoms with Gasteiger partial charge in [-0.25, -0.2) is 0 Å². The van der Waals surface area contributed by atoms with Crippen LogP contribution in [0.3, 0.4) is 0 Å². The van der Waals surface area contributed by atoms with Crippen LogP contribution in [0.5, 0.6) is 0 Å². The van der Waals surface area contributed by atoms with Gasteiger partial charge < -0.3 is 5.32 Å². The highest BCUT2D eigenvalue weighted by atomic mass is 16.2. The van der Waals surface area contributed by atoms with E-state index >= 15 is 0 Å². The van der Waals surface area contributed by atoms with Gasteiger partial charge in [-0.05, 0) is 12.3 Å². The normalized spacial score (nSPS) is 30.3. The van der Waals surface area contributed by atoms with Crippen molar-refractivity contribution < 1.29 is 4.79 Å². The maximum absolute atomic E-state index is 11.6. The fourth-order valence-corrected chi connectivity index (χ4v) is 2.51. The lowest BCUT2D eigenvalue weighted by Gasteiger charge is -2.23. The average Bonchev–Trinajstić information content (AvgIpc) is 2.61. The zero-order chi connectivity index (χ0) is 10.7. The summed E-state index contributed by atoms with van der Waals surface area (Å²) in [6, 6.07) is -0.0493. The molecule has 15 heavy (non-hydrogen) atoms. The Hall–Kier alpha value is -1.06. The number of nitrogens with one attached hydrogen (secondary N) is 2. The van der Waals surface area contributed by atoms with Crippen molar-refractivity contribution in [3.63, 3.8) is 0 Å². The molecule has 0 aromatic carbocycles. The van der Waals surface area contributed by atoms with E-state index < -0.39 is 0 Å². The van der Waals surface area contributed by atoms with Gasteiger partial charge in [0.1, 0.15) is 6.04 Å². The lowest BCUT2D eigenvalue weighted by Crippen LogP contribution is -2.32. The van der Waals surface area contributed by atoms with Crippen molar-refractivity contribution in [1.82, 2.24) is 10.6 Å². The van der Waals surface area contributed by atoms with Crippen molar-refractivity contribution in [2.45, 2.75) is 44.6 Å². The molecule has 0 spiro atoms. The minimum atomic E-state index is -0.0493. The lowest BCUT2D eigenvalue weighted by atomic mass is 9.85. The van der Waals surface area contributed by atoms with Crippen molar-refractivity contribution in [1.29, 1.82) is 0 Å². The summed E-state index contributed by atoms with van der Waals surface area (Å²) in [4.78, 5) is 15.5. The van der Waals surface area contributed by atoms with E-state index in [2.05, 4.69) is 15.6 Å². The minimum absolute atomic E-state index is 0.0493. The monoisotopic (exact) mass is 209 g/mol. The van der Waals surface area contributed by atoms with Crippen molar-refractivity contribution in [2.24, 2.45) is 10.9 Å². The number of hydrogen-bond acceptors (Lipinski definition) is 2. The van der Waals surface area contributed by atoms with E-state index in [1.54, 1.807) is 7.05 Å². The third kappa shape index (κ3) is 2.49. The molecule has 4 heteroatoms. The fourth-order valence-electron chi connectivity index (χ4n) is 2.51. The van der Waals surface area contributed by atoms with Gasteiger partial charge in [-0.15, -0.1) is 0 Å². The van der Waals surface area contributed by atoms with E-state index in [1.807, 2.05) is 0 Å². The van der Waals surface area contributed by atoms with Crippen molar-refractivity contribution in [2.75, 3.05) is 7.05 Å². The number of aliphatic imine (C=N–C) groups is 1. The molecule has 1 aliphatic carbocycles. The number of nitrogens with zero attached hydrogens (tertiary/aromatic N) is 1. The molecule has 4 nitrogen and oxygen atoms in total. The van der Waals surface area contributed by atoms with Crippen molar-refractivity contribution >= 4 is 11.9 Å². The van der Waals surface area contributed by atoms with Gasteiger partial charge in [-0.3, -0.25) is 15.1 Å². The molecule has 0 bridgehead atoms. The largest absolute Gasteiger partial charge is 0.344 e. The Morgan fingerprint density at radius 3 is 2.67 bits per heavy atom. The molecule has 0 aromatic heterocycles. The molecule has 84 valence electrons. The molecule has 1 atom stereocenters. The number of hydrogen-bond donors (Lipinski definition) is 2. The zero-order valence-corrected chi connectivity index (χ0v) is 9.25. The SMILES string of the molecule is CN=C1NC(=O)C(CC2CCCCC2)N1. The highest BCUT2D eigenvalue weighted by molar-refractivity contribution is 6.06. The summed E-state index contributed by atoms with van der Waals surface area (Å²) in [5, 5.41) is 5.87. The van der Waals surface area contributed by atoms with Crippen molar-refractivity contribution in [3.05, 3.63) is 0 Å². The zero-order valence-electron chi connectivity index (χ0n) is 9.25. The number of amides is 1. The first kappa shape index (κ1) is 10.5. The fraction of sp³-hybridized carbons (Fsp3) is 0.818. The van der Waals surface area contributed by atoms with Crippen LogP contribution in [0, 0.1) is 5.92 Å². The minimum Gasteiger partial charge on any atom is -0.344 e. The Kier molecular flexibility index (Phi) is 3.23. The molecule has 1 heterocycles. The quantitative estimate of drug-likeness (QED) is 0.713. The predicted molar refractivity (Wildman–Crippen MR) is 59.6 cm³/mol. The standard InChI is InChI=1S/C11H19N3O/c1-12-11-13-9(10(15)14-11)7-8-5-3-2-4-6-8/h8-9H,2-7H2,1H3,(H2,12,13,14,15). The van der Waals surface area contributed by atoms with Crippen LogP contribution in [0.25, 0.3) is 0 Å². The molecule has 0 aromatic rings. The topological polar surface area (TPSA) is 53.5 Å². The van der Waals surface area contributed by atoms with Crippen LogP contribution in [0.1, 0.15) is 38.5 Å². The van der Waals surface area contributed by atoms with Gasteiger partial charge in [0.15, 0.2) is 5.96 Å². The Morgan fingerprint density at radius 2 is 2.07 bits per heavy atom. The average molecular weight is 209 g/mol. The van der Waals surface area contributed by atoms with Gasteiger partial charge in [0, 0.05) is 7.05 Å². The van der Waals surface area contributed by atoms with Gasteiger partial charge >= 0.3 is 0 Å². The molecular formula is C11H19N3O. The van der Waals surface area contributed by atoms with Crippen LogP contribution < -0.4 is 10.6 Å². The maximum Gasteiger partial charge on any atom is 0.249 e. The smallest absolute Gasteiger partial charge is 0.249 e. The molecule has 2 rings (SSSR count). The highest BCUT2D eigenvalue weighted by Gasteiger charge is 2.30. The molecule has 1 saturated heterocycles. The second-order valence-corrected chi connectivity index (χ2v) is 4.50. The molecular weight excluding hydrogens is 190 g/mol.